The van der Waals surface area contributed by atoms with Crippen molar-refractivity contribution in [1.29, 1.82) is 0 Å². The number of carbonyl (C=O) groups is 2. The van der Waals surface area contributed by atoms with Crippen molar-refractivity contribution in [3.05, 3.63) is 11.7 Å². The van der Waals surface area contributed by atoms with Crippen molar-refractivity contribution in [2.75, 3.05) is 24.7 Å². The van der Waals surface area contributed by atoms with Crippen molar-refractivity contribution in [3.8, 4) is 0 Å². The number of hydrogen-bond donors (Lipinski definition) is 2. The number of sulfone groups is 1. The van der Waals surface area contributed by atoms with Gasteiger partial charge in [-0.05, 0) is 38.0 Å². The van der Waals surface area contributed by atoms with E-state index in [0.29, 0.717) is 44.8 Å². The highest BCUT2D eigenvalue weighted by Crippen LogP contribution is 2.30. The number of Topliss-reactive ketones (excluding diaryl/α,β-unsaturated/α-hetero) is 1. The van der Waals surface area contributed by atoms with Gasteiger partial charge in [0.2, 0.25) is 23.4 Å². The summed E-state index contributed by atoms with van der Waals surface area (Å²) in [5.74, 6) is -0.693. The van der Waals surface area contributed by atoms with Crippen LogP contribution in [0.15, 0.2) is 4.52 Å². The van der Waals surface area contributed by atoms with E-state index in [4.69, 9.17) is 9.26 Å². The third-order valence-electron chi connectivity index (χ3n) is 5.61. The van der Waals surface area contributed by atoms with Crippen molar-refractivity contribution in [1.82, 2.24) is 20.8 Å². The number of rotatable bonds is 12. The average molecular weight is 457 g/mol. The van der Waals surface area contributed by atoms with Crippen LogP contribution >= 0.6 is 0 Å². The summed E-state index contributed by atoms with van der Waals surface area (Å²) in [4.78, 5) is 29.9. The fourth-order valence-electron chi connectivity index (χ4n) is 3.59. The highest BCUT2D eigenvalue weighted by atomic mass is 32.2. The minimum absolute atomic E-state index is 0.0132. The van der Waals surface area contributed by atoms with Crippen molar-refractivity contribution in [2.45, 2.75) is 70.5 Å². The second kappa shape index (κ2) is 10.6. The summed E-state index contributed by atoms with van der Waals surface area (Å²) >= 11 is 0. The van der Waals surface area contributed by atoms with E-state index in [9.17, 15) is 18.0 Å². The molecule has 2 N–H and O–H groups in total. The second-order valence-electron chi connectivity index (χ2n) is 8.33. The molecule has 3 rings (SSSR count). The molecule has 11 heteroatoms. The van der Waals surface area contributed by atoms with Crippen LogP contribution in [0.25, 0.3) is 0 Å². The maximum absolute atomic E-state index is 13.1. The number of amides is 1. The first-order chi connectivity index (χ1) is 14.8. The van der Waals surface area contributed by atoms with Gasteiger partial charge in [-0.25, -0.2) is 8.42 Å². The summed E-state index contributed by atoms with van der Waals surface area (Å²) in [6.45, 7) is 4.72. The van der Waals surface area contributed by atoms with E-state index >= 15 is 0 Å². The van der Waals surface area contributed by atoms with Gasteiger partial charge in [-0.15, -0.1) is 0 Å². The third-order valence-corrected chi connectivity index (χ3v) is 7.43. The monoisotopic (exact) mass is 456 g/mol. The molecule has 1 aromatic rings. The average Bonchev–Trinajstić information content (AvgIpc) is 3.41. The first kappa shape index (κ1) is 23.8. The highest BCUT2D eigenvalue weighted by molar-refractivity contribution is 7.91. The number of nitrogens with zero attached hydrogens (tertiary/aromatic N) is 2. The minimum Gasteiger partial charge on any atom is -0.381 e. The van der Waals surface area contributed by atoms with Gasteiger partial charge in [0.15, 0.2) is 9.84 Å². The topological polar surface area (TPSA) is 140 Å². The van der Waals surface area contributed by atoms with Crippen LogP contribution in [0.1, 0.15) is 62.5 Å². The Kier molecular flexibility index (Phi) is 8.17. The Labute approximate surface area is 182 Å². The molecule has 1 saturated heterocycles. The molecule has 174 valence electrons. The Morgan fingerprint density at radius 2 is 1.84 bits per heavy atom. The molecule has 1 aromatic heterocycles. The molecule has 0 aromatic carbocycles. The zero-order valence-corrected chi connectivity index (χ0v) is 18.9. The fourth-order valence-corrected chi connectivity index (χ4v) is 5.54. The lowest BCUT2D eigenvalue weighted by Crippen LogP contribution is -2.56. The SMILES string of the molecule is CCc1nc(C(=O)C(CC)NC(=O)[C@H](CS(=O)(=O)CC2CC2)NC2CCOCC2)no1. The molecule has 1 unspecified atom stereocenters. The molecule has 1 aliphatic carbocycles. The lowest BCUT2D eigenvalue weighted by Gasteiger charge is -2.29. The Hall–Kier alpha value is -1.85. The molecule has 0 bridgehead atoms. The van der Waals surface area contributed by atoms with E-state index in [1.807, 2.05) is 6.92 Å². The lowest BCUT2D eigenvalue weighted by atomic mass is 10.1. The van der Waals surface area contributed by atoms with Gasteiger partial charge in [0.1, 0.15) is 6.04 Å². The van der Waals surface area contributed by atoms with Gasteiger partial charge in [0, 0.05) is 25.7 Å². The number of carbonyl (C=O) groups excluding carboxylic acids is 2. The fraction of sp³-hybridized carbons (Fsp3) is 0.800. The standard InChI is InChI=1S/C20H32N4O6S/c1-3-15(18(25)19-23-17(4-2)30-24-19)22-20(26)16(21-14-7-9-29-10-8-14)12-31(27,28)11-13-5-6-13/h13-16,21H,3-12H2,1-2H3,(H,22,26)/t15?,16-/m0/s1. The third kappa shape index (κ3) is 7.08. The van der Waals surface area contributed by atoms with E-state index in [-0.39, 0.29) is 29.3 Å². The van der Waals surface area contributed by atoms with Gasteiger partial charge in [-0.2, -0.15) is 4.98 Å². The smallest absolute Gasteiger partial charge is 0.240 e. The summed E-state index contributed by atoms with van der Waals surface area (Å²) in [6, 6.07) is -1.81. The molecule has 1 aliphatic heterocycles. The minimum atomic E-state index is -3.41. The van der Waals surface area contributed by atoms with Gasteiger partial charge in [0.25, 0.3) is 0 Å². The molecule has 0 spiro atoms. The van der Waals surface area contributed by atoms with E-state index in [2.05, 4.69) is 20.8 Å². The van der Waals surface area contributed by atoms with Crippen molar-refractivity contribution in [3.63, 3.8) is 0 Å². The molecule has 1 saturated carbocycles. The number of hydrogen-bond acceptors (Lipinski definition) is 9. The Balaban J connectivity index is 1.69. The summed E-state index contributed by atoms with van der Waals surface area (Å²) in [5.41, 5.74) is 0. The van der Waals surface area contributed by atoms with Crippen LogP contribution in [0, 0.1) is 5.92 Å². The zero-order chi connectivity index (χ0) is 22.4. The summed E-state index contributed by atoms with van der Waals surface area (Å²) in [6.07, 6.45) is 4.05. The van der Waals surface area contributed by atoms with Crippen LogP contribution in [0.2, 0.25) is 0 Å². The molecule has 31 heavy (non-hydrogen) atoms. The maximum atomic E-state index is 13.1. The number of aryl methyl sites for hydroxylation is 1. The predicted molar refractivity (Wildman–Crippen MR) is 112 cm³/mol. The molecule has 2 atom stereocenters. The largest absolute Gasteiger partial charge is 0.381 e. The molecular weight excluding hydrogens is 424 g/mol. The van der Waals surface area contributed by atoms with Crippen LogP contribution in [-0.2, 0) is 25.8 Å². The maximum Gasteiger partial charge on any atom is 0.240 e. The zero-order valence-electron chi connectivity index (χ0n) is 18.1. The summed E-state index contributed by atoms with van der Waals surface area (Å²) in [5, 5.41) is 9.59. The molecule has 10 nitrogen and oxygen atoms in total. The van der Waals surface area contributed by atoms with E-state index < -0.39 is 33.6 Å². The van der Waals surface area contributed by atoms with Gasteiger partial charge < -0.3 is 19.9 Å². The van der Waals surface area contributed by atoms with E-state index in [1.165, 1.54) is 0 Å². The lowest BCUT2D eigenvalue weighted by molar-refractivity contribution is -0.123. The predicted octanol–water partition coefficient (Wildman–Crippen LogP) is 0.672. The second-order valence-corrected chi connectivity index (χ2v) is 10.5. The molecular formula is C20H32N4O6S. The van der Waals surface area contributed by atoms with Crippen molar-refractivity contribution >= 4 is 21.5 Å². The first-order valence-electron chi connectivity index (χ1n) is 11.0. The number of aromatic nitrogens is 2. The Bertz CT molecular complexity index is 861. The van der Waals surface area contributed by atoms with E-state index in [1.54, 1.807) is 6.92 Å². The van der Waals surface area contributed by atoms with Gasteiger partial charge in [0.05, 0.1) is 17.5 Å². The van der Waals surface area contributed by atoms with Crippen LogP contribution in [0.4, 0.5) is 0 Å². The highest BCUT2D eigenvalue weighted by Gasteiger charge is 2.35. The van der Waals surface area contributed by atoms with Crippen LogP contribution in [0.5, 0.6) is 0 Å². The summed E-state index contributed by atoms with van der Waals surface area (Å²) < 4.78 is 35.6. The van der Waals surface area contributed by atoms with Crippen molar-refractivity contribution < 1.29 is 27.3 Å². The number of nitrogens with one attached hydrogen (secondary N) is 2. The molecule has 2 heterocycles. The number of ketones is 1. The van der Waals surface area contributed by atoms with Gasteiger partial charge in [-0.3, -0.25) is 9.59 Å². The van der Waals surface area contributed by atoms with Gasteiger partial charge >= 0.3 is 0 Å². The van der Waals surface area contributed by atoms with E-state index in [0.717, 1.165) is 12.8 Å². The molecule has 2 aliphatic rings. The Morgan fingerprint density at radius 3 is 2.42 bits per heavy atom. The molecule has 2 fully saturated rings. The van der Waals surface area contributed by atoms with Crippen LogP contribution in [0.3, 0.4) is 0 Å². The van der Waals surface area contributed by atoms with Crippen LogP contribution < -0.4 is 10.6 Å². The number of ether oxygens (including phenoxy) is 1. The quantitative estimate of drug-likeness (QED) is 0.434. The van der Waals surface area contributed by atoms with Gasteiger partial charge in [-0.1, -0.05) is 19.0 Å². The first-order valence-corrected chi connectivity index (χ1v) is 12.8. The van der Waals surface area contributed by atoms with Crippen LogP contribution in [-0.4, -0.2) is 73.1 Å². The Morgan fingerprint density at radius 1 is 1.13 bits per heavy atom. The summed E-state index contributed by atoms with van der Waals surface area (Å²) in [7, 11) is -3.41. The van der Waals surface area contributed by atoms with Crippen molar-refractivity contribution in [2.24, 2.45) is 5.92 Å². The molecule has 0 radical (unpaired) electrons. The normalized spacial score (nSPS) is 19.7. The molecule has 1 amide bonds.